The van der Waals surface area contributed by atoms with Gasteiger partial charge in [-0.2, -0.15) is 15.5 Å². The molecule has 11 heteroatoms. The summed E-state index contributed by atoms with van der Waals surface area (Å²) in [6.07, 6.45) is 3.62. The van der Waals surface area contributed by atoms with Crippen LogP contribution in [0.15, 0.2) is 35.3 Å². The molecule has 1 atom stereocenters. The summed E-state index contributed by atoms with van der Waals surface area (Å²) in [5, 5.41) is 20.5. The van der Waals surface area contributed by atoms with Crippen molar-refractivity contribution in [1.29, 1.82) is 5.26 Å². The lowest BCUT2D eigenvalue weighted by Gasteiger charge is -2.24. The van der Waals surface area contributed by atoms with E-state index >= 15 is 0 Å². The lowest BCUT2D eigenvalue weighted by Crippen LogP contribution is -2.30. The van der Waals surface area contributed by atoms with Crippen LogP contribution in [0.3, 0.4) is 0 Å². The Morgan fingerprint density at radius 1 is 1.33 bits per heavy atom. The maximum atomic E-state index is 14.6. The minimum Gasteiger partial charge on any atom is -0.382 e. The van der Waals surface area contributed by atoms with Crippen LogP contribution in [0.5, 0.6) is 0 Å². The zero-order chi connectivity index (χ0) is 23.3. The molecule has 0 radical (unpaired) electrons. The molecular weight excluding hydrogens is 430 g/mol. The number of nitrogens with zero attached hydrogens (tertiary/aromatic N) is 6. The second kappa shape index (κ2) is 7.74. The maximum Gasteiger partial charge on any atom is 0.268 e. The average molecular weight is 450 g/mol. The monoisotopic (exact) mass is 450 g/mol. The fraction of sp³-hybridized carbons (Fsp3) is 0.273. The lowest BCUT2D eigenvalue weighted by atomic mass is 10.1. The van der Waals surface area contributed by atoms with Gasteiger partial charge in [-0.25, -0.2) is 8.78 Å². The summed E-state index contributed by atoms with van der Waals surface area (Å²) in [6, 6.07) is 7.52. The van der Waals surface area contributed by atoms with Crippen LogP contribution >= 0.6 is 0 Å². The zero-order valence-electron chi connectivity index (χ0n) is 17.7. The van der Waals surface area contributed by atoms with Gasteiger partial charge in [0, 0.05) is 37.5 Å². The average Bonchev–Trinajstić information content (AvgIpc) is 3.49. The van der Waals surface area contributed by atoms with E-state index < -0.39 is 22.9 Å². The van der Waals surface area contributed by atoms with Gasteiger partial charge in [0.1, 0.15) is 28.5 Å². The standard InChI is InChI=1S/C22H20F2N8O/c1-30-17(31-9-3-4-12(31)7-8-25)10-16(29-30)13-11-32(20-14(23)5-2-6-15(20)24)22(33)18-19(13)27-28-21(18)26/h2,5-6,10-12H,3-4,7,9H2,1H3,(H3,26,27,28)/t12-/m1/s1. The second-order valence-electron chi connectivity index (χ2n) is 8.01. The van der Waals surface area contributed by atoms with Crippen molar-refractivity contribution in [3.8, 4) is 23.0 Å². The highest BCUT2D eigenvalue weighted by atomic mass is 19.1. The maximum absolute atomic E-state index is 14.6. The molecule has 1 aliphatic heterocycles. The molecule has 168 valence electrons. The number of fused-ring (bicyclic) bond motifs is 1. The van der Waals surface area contributed by atoms with E-state index in [1.807, 2.05) is 6.07 Å². The van der Waals surface area contributed by atoms with E-state index in [2.05, 4.69) is 26.3 Å². The molecule has 0 amide bonds. The smallest absolute Gasteiger partial charge is 0.268 e. The third kappa shape index (κ3) is 3.22. The highest BCUT2D eigenvalue weighted by molar-refractivity contribution is 5.98. The van der Waals surface area contributed by atoms with Crippen LogP contribution in [0.25, 0.3) is 27.8 Å². The Morgan fingerprint density at radius 2 is 2.09 bits per heavy atom. The topological polar surface area (TPSA) is 122 Å². The Kier molecular flexibility index (Phi) is 4.85. The fourth-order valence-electron chi connectivity index (χ4n) is 4.53. The van der Waals surface area contributed by atoms with E-state index in [9.17, 15) is 13.6 Å². The first-order valence-corrected chi connectivity index (χ1v) is 10.4. The zero-order valence-corrected chi connectivity index (χ0v) is 17.7. The summed E-state index contributed by atoms with van der Waals surface area (Å²) in [7, 11) is 1.78. The summed E-state index contributed by atoms with van der Waals surface area (Å²) in [4.78, 5) is 15.2. The largest absolute Gasteiger partial charge is 0.382 e. The number of rotatable bonds is 4. The van der Waals surface area contributed by atoms with E-state index in [1.54, 1.807) is 11.7 Å². The van der Waals surface area contributed by atoms with Gasteiger partial charge in [-0.15, -0.1) is 0 Å². The number of nitrogens with two attached hydrogens (primary N) is 1. The summed E-state index contributed by atoms with van der Waals surface area (Å²) in [5.74, 6) is -1.05. The van der Waals surface area contributed by atoms with Gasteiger partial charge in [0.15, 0.2) is 5.82 Å². The van der Waals surface area contributed by atoms with Crippen LogP contribution in [0, 0.1) is 23.0 Å². The van der Waals surface area contributed by atoms with Gasteiger partial charge in [0.05, 0.1) is 23.7 Å². The van der Waals surface area contributed by atoms with Crippen molar-refractivity contribution >= 4 is 22.5 Å². The molecule has 9 nitrogen and oxygen atoms in total. The molecule has 0 spiro atoms. The molecule has 0 unspecified atom stereocenters. The second-order valence-corrected chi connectivity index (χ2v) is 8.01. The minimum absolute atomic E-state index is 0.0193. The van der Waals surface area contributed by atoms with Gasteiger partial charge in [-0.3, -0.25) is 19.1 Å². The number of aryl methyl sites for hydroxylation is 1. The van der Waals surface area contributed by atoms with Gasteiger partial charge in [-0.1, -0.05) is 6.07 Å². The Bertz CT molecular complexity index is 1460. The molecule has 1 aromatic carbocycles. The highest BCUT2D eigenvalue weighted by Crippen LogP contribution is 2.33. The first-order valence-electron chi connectivity index (χ1n) is 10.4. The SMILES string of the molecule is Cn1nc(-c2cn(-c3c(F)cccc3F)c(=O)c3c(N)n[nH]c23)cc1N1CCC[C@@H]1CC#N. The van der Waals surface area contributed by atoms with Gasteiger partial charge < -0.3 is 10.6 Å². The number of nitrogens with one attached hydrogen (secondary N) is 1. The minimum atomic E-state index is -0.886. The van der Waals surface area contributed by atoms with E-state index in [1.165, 1.54) is 12.3 Å². The number of H-pyrrole nitrogens is 1. The molecule has 0 saturated carbocycles. The molecule has 5 rings (SSSR count). The Labute approximate surface area is 186 Å². The normalized spacial score (nSPS) is 15.9. The van der Waals surface area contributed by atoms with E-state index in [0.717, 1.165) is 41.9 Å². The van der Waals surface area contributed by atoms with Crippen LogP contribution in [0.2, 0.25) is 0 Å². The number of pyridine rings is 1. The van der Waals surface area contributed by atoms with E-state index in [0.29, 0.717) is 23.2 Å². The van der Waals surface area contributed by atoms with Gasteiger partial charge in [-0.05, 0) is 25.0 Å². The number of nitriles is 1. The number of halogens is 2. The van der Waals surface area contributed by atoms with Crippen molar-refractivity contribution in [2.45, 2.75) is 25.3 Å². The van der Waals surface area contributed by atoms with Gasteiger partial charge in [0.25, 0.3) is 5.56 Å². The Balaban J connectivity index is 1.73. The molecule has 33 heavy (non-hydrogen) atoms. The molecule has 3 N–H and O–H groups in total. The number of para-hydroxylation sites is 1. The van der Waals surface area contributed by atoms with Crippen molar-refractivity contribution in [2.24, 2.45) is 7.05 Å². The fourth-order valence-corrected chi connectivity index (χ4v) is 4.53. The molecule has 0 bridgehead atoms. The summed E-state index contributed by atoms with van der Waals surface area (Å²) < 4.78 is 31.7. The molecule has 4 aromatic rings. The van der Waals surface area contributed by atoms with Crippen LogP contribution in [0.1, 0.15) is 19.3 Å². The number of nitrogen functional groups attached to an aromatic ring is 1. The van der Waals surface area contributed by atoms with Gasteiger partial charge >= 0.3 is 0 Å². The molecule has 0 aliphatic carbocycles. The van der Waals surface area contributed by atoms with Crippen molar-refractivity contribution in [3.63, 3.8) is 0 Å². The van der Waals surface area contributed by atoms with Crippen molar-refractivity contribution in [3.05, 3.63) is 52.5 Å². The third-order valence-electron chi connectivity index (χ3n) is 6.06. The predicted molar refractivity (Wildman–Crippen MR) is 119 cm³/mol. The molecular formula is C22H20F2N8O. The van der Waals surface area contributed by atoms with E-state index in [-0.39, 0.29) is 17.2 Å². The number of hydrogen-bond acceptors (Lipinski definition) is 6. The summed E-state index contributed by atoms with van der Waals surface area (Å²) in [5.41, 5.74) is 5.92. The quantitative estimate of drug-likeness (QED) is 0.493. The summed E-state index contributed by atoms with van der Waals surface area (Å²) >= 11 is 0. The third-order valence-corrected chi connectivity index (χ3v) is 6.06. The van der Waals surface area contributed by atoms with Crippen LogP contribution in [-0.2, 0) is 7.05 Å². The molecule has 1 aliphatic rings. The first kappa shape index (κ1) is 20.7. The summed E-state index contributed by atoms with van der Waals surface area (Å²) in [6.45, 7) is 0.789. The van der Waals surface area contributed by atoms with Crippen LogP contribution in [0.4, 0.5) is 20.4 Å². The first-order chi connectivity index (χ1) is 15.9. The number of aromatic nitrogens is 5. The number of anilines is 2. The number of benzene rings is 1. The van der Waals surface area contributed by atoms with Crippen LogP contribution in [-0.4, -0.2) is 37.1 Å². The molecule has 1 saturated heterocycles. The van der Waals surface area contributed by atoms with E-state index in [4.69, 9.17) is 11.0 Å². The van der Waals surface area contributed by atoms with Crippen LogP contribution < -0.4 is 16.2 Å². The lowest BCUT2D eigenvalue weighted by molar-refractivity contribution is 0.567. The van der Waals surface area contributed by atoms with Crippen molar-refractivity contribution in [1.82, 2.24) is 24.5 Å². The molecule has 3 aromatic heterocycles. The molecule has 4 heterocycles. The number of aromatic amines is 1. The van der Waals surface area contributed by atoms with Gasteiger partial charge in [0.2, 0.25) is 0 Å². The number of hydrogen-bond donors (Lipinski definition) is 2. The predicted octanol–water partition coefficient (Wildman–Crippen LogP) is 2.86. The Morgan fingerprint density at radius 3 is 2.82 bits per heavy atom. The van der Waals surface area contributed by atoms with Crippen molar-refractivity contribution in [2.75, 3.05) is 17.2 Å². The Hall–Kier alpha value is -4.20. The highest BCUT2D eigenvalue weighted by Gasteiger charge is 2.28. The molecule has 1 fully saturated rings. The van der Waals surface area contributed by atoms with Crippen molar-refractivity contribution < 1.29 is 8.78 Å².